The van der Waals surface area contributed by atoms with E-state index in [2.05, 4.69) is 12.2 Å². The molecule has 0 aliphatic heterocycles. The van der Waals surface area contributed by atoms with Crippen molar-refractivity contribution in [3.8, 4) is 5.75 Å². The molecule has 0 aliphatic carbocycles. The Labute approximate surface area is 103 Å². The number of hydrogen-bond acceptors (Lipinski definition) is 3. The van der Waals surface area contributed by atoms with E-state index in [0.717, 1.165) is 11.3 Å². The Morgan fingerprint density at radius 3 is 2.65 bits per heavy atom. The van der Waals surface area contributed by atoms with Crippen molar-refractivity contribution in [2.75, 3.05) is 27.7 Å². The number of amides is 1. The van der Waals surface area contributed by atoms with E-state index in [0.29, 0.717) is 0 Å². The molecule has 17 heavy (non-hydrogen) atoms. The van der Waals surface area contributed by atoms with Crippen LogP contribution in [0, 0.1) is 0 Å². The van der Waals surface area contributed by atoms with Gasteiger partial charge in [0.05, 0.1) is 0 Å². The highest BCUT2D eigenvalue weighted by Gasteiger charge is 2.11. The lowest BCUT2D eigenvalue weighted by Crippen LogP contribution is -2.28. The number of nitrogens with zero attached hydrogens (tertiary/aromatic N) is 1. The summed E-state index contributed by atoms with van der Waals surface area (Å²) in [6, 6.07) is 7.94. The standard InChI is InChI=1S/C13H20N2O2/c1-10(14-2)11-7-5-6-8-12(11)17-9-13(16)15(3)4/h5-8,10,14H,9H2,1-4H3. The van der Waals surface area contributed by atoms with Gasteiger partial charge in [-0.3, -0.25) is 4.79 Å². The Morgan fingerprint density at radius 2 is 2.06 bits per heavy atom. The lowest BCUT2D eigenvalue weighted by atomic mass is 10.1. The summed E-state index contributed by atoms with van der Waals surface area (Å²) in [7, 11) is 5.33. The van der Waals surface area contributed by atoms with Crippen LogP contribution in [0.5, 0.6) is 5.75 Å². The van der Waals surface area contributed by atoms with E-state index < -0.39 is 0 Å². The van der Waals surface area contributed by atoms with Crippen molar-refractivity contribution in [2.45, 2.75) is 13.0 Å². The van der Waals surface area contributed by atoms with Crippen LogP contribution in [-0.2, 0) is 4.79 Å². The van der Waals surface area contributed by atoms with Crippen LogP contribution < -0.4 is 10.1 Å². The summed E-state index contributed by atoms with van der Waals surface area (Å²) in [5.41, 5.74) is 1.06. The first-order chi connectivity index (χ1) is 8.06. The highest BCUT2D eigenvalue weighted by atomic mass is 16.5. The zero-order valence-corrected chi connectivity index (χ0v) is 10.9. The van der Waals surface area contributed by atoms with Gasteiger partial charge in [0.2, 0.25) is 0 Å². The van der Waals surface area contributed by atoms with Crippen LogP contribution in [0.1, 0.15) is 18.5 Å². The fourth-order valence-corrected chi connectivity index (χ4v) is 1.39. The Hall–Kier alpha value is -1.55. The van der Waals surface area contributed by atoms with Gasteiger partial charge in [-0.25, -0.2) is 0 Å². The largest absolute Gasteiger partial charge is 0.483 e. The fourth-order valence-electron chi connectivity index (χ4n) is 1.39. The summed E-state index contributed by atoms with van der Waals surface area (Å²) in [4.78, 5) is 13.0. The molecule has 1 unspecified atom stereocenters. The Morgan fingerprint density at radius 1 is 1.41 bits per heavy atom. The monoisotopic (exact) mass is 236 g/mol. The summed E-state index contributed by atoms with van der Waals surface area (Å²) < 4.78 is 5.55. The first kappa shape index (κ1) is 13.5. The minimum Gasteiger partial charge on any atom is -0.483 e. The van der Waals surface area contributed by atoms with Crippen LogP contribution in [0.4, 0.5) is 0 Å². The van der Waals surface area contributed by atoms with E-state index in [1.54, 1.807) is 14.1 Å². The second-order valence-corrected chi connectivity index (χ2v) is 4.13. The second kappa shape index (κ2) is 6.25. The fraction of sp³-hybridized carbons (Fsp3) is 0.462. The molecule has 1 aromatic carbocycles. The summed E-state index contributed by atoms with van der Waals surface area (Å²) in [6.45, 7) is 2.12. The van der Waals surface area contributed by atoms with E-state index in [9.17, 15) is 4.79 Å². The maximum absolute atomic E-state index is 11.5. The van der Waals surface area contributed by atoms with Crippen LogP contribution in [0.2, 0.25) is 0 Å². The molecule has 0 bridgehead atoms. The molecule has 94 valence electrons. The van der Waals surface area contributed by atoms with Gasteiger partial charge < -0.3 is 15.0 Å². The molecule has 0 aliphatic rings. The number of ether oxygens (including phenoxy) is 1. The maximum atomic E-state index is 11.5. The van der Waals surface area contributed by atoms with Crippen LogP contribution in [-0.4, -0.2) is 38.6 Å². The molecule has 0 heterocycles. The molecular weight excluding hydrogens is 216 g/mol. The van der Waals surface area contributed by atoms with Crippen molar-refractivity contribution in [1.29, 1.82) is 0 Å². The molecule has 1 aromatic rings. The SMILES string of the molecule is CNC(C)c1ccccc1OCC(=O)N(C)C. The molecule has 1 atom stereocenters. The average Bonchev–Trinajstić information content (AvgIpc) is 2.35. The molecule has 0 spiro atoms. The van der Waals surface area contributed by atoms with E-state index in [1.807, 2.05) is 31.3 Å². The lowest BCUT2D eigenvalue weighted by molar-refractivity contribution is -0.130. The van der Waals surface area contributed by atoms with Gasteiger partial charge in [0.1, 0.15) is 5.75 Å². The molecule has 0 aromatic heterocycles. The third kappa shape index (κ3) is 3.75. The number of nitrogens with one attached hydrogen (secondary N) is 1. The molecule has 4 nitrogen and oxygen atoms in total. The van der Waals surface area contributed by atoms with E-state index in [1.165, 1.54) is 4.90 Å². The smallest absolute Gasteiger partial charge is 0.259 e. The summed E-state index contributed by atoms with van der Waals surface area (Å²) >= 11 is 0. The number of carbonyl (C=O) groups excluding carboxylic acids is 1. The number of hydrogen-bond donors (Lipinski definition) is 1. The van der Waals surface area contributed by atoms with Gasteiger partial charge in [0.25, 0.3) is 5.91 Å². The maximum Gasteiger partial charge on any atom is 0.259 e. The summed E-state index contributed by atoms with van der Waals surface area (Å²) in [5.74, 6) is 0.710. The third-order valence-corrected chi connectivity index (χ3v) is 2.67. The summed E-state index contributed by atoms with van der Waals surface area (Å²) in [5, 5.41) is 3.16. The van der Waals surface area contributed by atoms with Crippen LogP contribution in [0.3, 0.4) is 0 Å². The number of likely N-dealkylation sites (N-methyl/N-ethyl adjacent to an activating group) is 1. The molecule has 0 saturated carbocycles. The normalized spacial score (nSPS) is 12.0. The van der Waals surface area contributed by atoms with Crippen molar-refractivity contribution in [3.05, 3.63) is 29.8 Å². The second-order valence-electron chi connectivity index (χ2n) is 4.13. The Balaban J connectivity index is 2.74. The van der Waals surface area contributed by atoms with Gasteiger partial charge in [0.15, 0.2) is 6.61 Å². The third-order valence-electron chi connectivity index (χ3n) is 2.67. The molecule has 1 N–H and O–H groups in total. The Kier molecular flexibility index (Phi) is 4.97. The van der Waals surface area contributed by atoms with Gasteiger partial charge >= 0.3 is 0 Å². The van der Waals surface area contributed by atoms with Gasteiger partial charge in [-0.15, -0.1) is 0 Å². The predicted octanol–water partition coefficient (Wildman–Crippen LogP) is 1.43. The number of para-hydroxylation sites is 1. The first-order valence-electron chi connectivity index (χ1n) is 5.65. The van der Waals surface area contributed by atoms with Crippen LogP contribution >= 0.6 is 0 Å². The molecule has 1 rings (SSSR count). The lowest BCUT2D eigenvalue weighted by Gasteiger charge is -2.17. The van der Waals surface area contributed by atoms with Gasteiger partial charge in [-0.05, 0) is 20.0 Å². The minimum absolute atomic E-state index is 0.0445. The van der Waals surface area contributed by atoms with E-state index in [4.69, 9.17) is 4.74 Å². The molecule has 0 radical (unpaired) electrons. The van der Waals surface area contributed by atoms with Crippen LogP contribution in [0.15, 0.2) is 24.3 Å². The van der Waals surface area contributed by atoms with Crippen molar-refractivity contribution < 1.29 is 9.53 Å². The highest BCUT2D eigenvalue weighted by molar-refractivity contribution is 5.77. The van der Waals surface area contributed by atoms with Crippen molar-refractivity contribution in [2.24, 2.45) is 0 Å². The molecular formula is C13H20N2O2. The molecule has 4 heteroatoms. The van der Waals surface area contributed by atoms with Crippen molar-refractivity contribution in [1.82, 2.24) is 10.2 Å². The van der Waals surface area contributed by atoms with E-state index in [-0.39, 0.29) is 18.6 Å². The molecule has 0 saturated heterocycles. The number of rotatable bonds is 5. The van der Waals surface area contributed by atoms with Gasteiger partial charge in [0, 0.05) is 25.7 Å². The quantitative estimate of drug-likeness (QED) is 0.841. The number of carbonyl (C=O) groups is 1. The van der Waals surface area contributed by atoms with Crippen molar-refractivity contribution >= 4 is 5.91 Å². The first-order valence-corrected chi connectivity index (χ1v) is 5.65. The van der Waals surface area contributed by atoms with Gasteiger partial charge in [-0.1, -0.05) is 18.2 Å². The zero-order valence-electron chi connectivity index (χ0n) is 10.9. The Bertz CT molecular complexity index is 377. The average molecular weight is 236 g/mol. The van der Waals surface area contributed by atoms with Crippen LogP contribution in [0.25, 0.3) is 0 Å². The predicted molar refractivity (Wildman–Crippen MR) is 68.1 cm³/mol. The number of benzene rings is 1. The zero-order chi connectivity index (χ0) is 12.8. The van der Waals surface area contributed by atoms with Gasteiger partial charge in [-0.2, -0.15) is 0 Å². The van der Waals surface area contributed by atoms with E-state index >= 15 is 0 Å². The minimum atomic E-state index is -0.0445. The molecule has 0 fully saturated rings. The highest BCUT2D eigenvalue weighted by Crippen LogP contribution is 2.24. The summed E-state index contributed by atoms with van der Waals surface area (Å²) in [6.07, 6.45) is 0. The molecule has 1 amide bonds. The topological polar surface area (TPSA) is 41.6 Å². The van der Waals surface area contributed by atoms with Crippen molar-refractivity contribution in [3.63, 3.8) is 0 Å².